The number of rotatable bonds is 4. The number of nitrogens with zero attached hydrogens (tertiary/aromatic N) is 1. The number of amides is 1. The van der Waals surface area contributed by atoms with E-state index < -0.39 is 40.9 Å². The number of carbonyl (C=O) groups is 3. The summed E-state index contributed by atoms with van der Waals surface area (Å²) in [6, 6.07) is 25.2. The average molecular weight is 549 g/mol. The molecule has 1 amide bonds. The summed E-state index contributed by atoms with van der Waals surface area (Å²) in [6.45, 7) is 0. The van der Waals surface area contributed by atoms with Crippen LogP contribution in [0.3, 0.4) is 0 Å². The highest BCUT2D eigenvalue weighted by atomic mass is 35.5. The Hall–Kier alpha value is -4.55. The molecule has 7 rings (SSSR count). The first-order chi connectivity index (χ1) is 19.4. The van der Waals surface area contributed by atoms with Crippen LogP contribution in [0.25, 0.3) is 6.08 Å². The molecule has 5 nitrogen and oxygen atoms in total. The minimum Gasteiger partial charge on any atom is -0.352 e. The van der Waals surface area contributed by atoms with Gasteiger partial charge in [-0.2, -0.15) is 0 Å². The summed E-state index contributed by atoms with van der Waals surface area (Å²) in [7, 11) is 0. The van der Waals surface area contributed by atoms with Crippen molar-refractivity contribution in [2.24, 2.45) is 5.92 Å². The third-order valence-corrected chi connectivity index (χ3v) is 8.61. The molecule has 0 aliphatic carbocycles. The first-order valence-corrected chi connectivity index (χ1v) is 13.4. The summed E-state index contributed by atoms with van der Waals surface area (Å²) in [5, 5.41) is 3.44. The van der Waals surface area contributed by atoms with Crippen LogP contribution in [-0.4, -0.2) is 29.6 Å². The van der Waals surface area contributed by atoms with Crippen molar-refractivity contribution in [2.45, 2.75) is 17.5 Å². The molecule has 3 aliphatic rings. The van der Waals surface area contributed by atoms with E-state index in [1.165, 1.54) is 18.2 Å². The van der Waals surface area contributed by atoms with E-state index in [0.29, 0.717) is 21.8 Å². The number of Topliss-reactive ketones (excluding diaryl/α,β-unsaturated/α-hetero) is 2. The molecule has 4 atom stereocenters. The van der Waals surface area contributed by atoms with Crippen molar-refractivity contribution in [3.63, 3.8) is 0 Å². The minimum absolute atomic E-state index is 0.157. The molecule has 1 saturated heterocycles. The van der Waals surface area contributed by atoms with E-state index in [-0.39, 0.29) is 11.3 Å². The summed E-state index contributed by atoms with van der Waals surface area (Å²) < 4.78 is 15.2. The molecule has 1 N–H and O–H groups in total. The van der Waals surface area contributed by atoms with Gasteiger partial charge in [-0.1, -0.05) is 72.3 Å². The fourth-order valence-corrected chi connectivity index (χ4v) is 6.86. The van der Waals surface area contributed by atoms with Crippen LogP contribution in [0.5, 0.6) is 0 Å². The van der Waals surface area contributed by atoms with Crippen molar-refractivity contribution < 1.29 is 18.8 Å². The third kappa shape index (κ3) is 3.29. The van der Waals surface area contributed by atoms with E-state index in [4.69, 9.17) is 11.6 Å². The summed E-state index contributed by atoms with van der Waals surface area (Å²) in [5.74, 6) is -3.29. The number of hydrogen-bond acceptors (Lipinski definition) is 4. The Morgan fingerprint density at radius 2 is 1.55 bits per heavy atom. The van der Waals surface area contributed by atoms with Crippen LogP contribution in [0.2, 0.25) is 5.02 Å². The fourth-order valence-electron chi connectivity index (χ4n) is 6.73. The number of anilines is 2. The lowest BCUT2D eigenvalue weighted by Gasteiger charge is -2.37. The van der Waals surface area contributed by atoms with Crippen molar-refractivity contribution in [1.82, 2.24) is 0 Å². The Bertz CT molecular complexity index is 1750. The van der Waals surface area contributed by atoms with Crippen LogP contribution in [0.1, 0.15) is 31.8 Å². The summed E-state index contributed by atoms with van der Waals surface area (Å²) in [5.41, 5.74) is 1.46. The molecule has 3 aliphatic heterocycles. The quantitative estimate of drug-likeness (QED) is 0.302. The summed E-state index contributed by atoms with van der Waals surface area (Å²) >= 11 is 6.12. The zero-order valence-corrected chi connectivity index (χ0v) is 21.8. The van der Waals surface area contributed by atoms with Crippen LogP contribution in [0.4, 0.5) is 15.8 Å². The number of halogens is 2. The summed E-state index contributed by atoms with van der Waals surface area (Å²) in [4.78, 5) is 45.3. The van der Waals surface area contributed by atoms with Crippen LogP contribution in [0.15, 0.2) is 103 Å². The Balaban J connectivity index is 1.55. The highest BCUT2D eigenvalue weighted by Gasteiger charge is 2.70. The standard InChI is InChI=1S/C33H22ClFN2O3/c34-21-16-13-20(14-17-21)30(38)29-28(31(39)22-8-2-4-10-24(22)35)33(23-9-3-5-11-25(23)36-32(33)40)27-18-15-19-7-1-6-12-26(19)37(27)29/h1-18,27-29H,(H,36,40)/t27-,28+,29+,33-/m1/s1. The molecular formula is C33H22ClFN2O3. The van der Waals surface area contributed by atoms with Crippen molar-refractivity contribution in [1.29, 1.82) is 0 Å². The maximum atomic E-state index is 15.2. The van der Waals surface area contributed by atoms with Gasteiger partial charge in [-0.05, 0) is 59.7 Å². The molecule has 7 heteroatoms. The van der Waals surface area contributed by atoms with E-state index in [2.05, 4.69) is 5.32 Å². The maximum Gasteiger partial charge on any atom is 0.238 e. The normalized spacial score (nSPS) is 23.9. The second kappa shape index (κ2) is 9.00. The van der Waals surface area contributed by atoms with Gasteiger partial charge >= 0.3 is 0 Å². The first kappa shape index (κ1) is 24.5. The van der Waals surface area contributed by atoms with Gasteiger partial charge < -0.3 is 10.2 Å². The number of nitrogens with one attached hydrogen (secondary N) is 1. The van der Waals surface area contributed by atoms with Crippen LogP contribution < -0.4 is 10.2 Å². The average Bonchev–Trinajstić information content (AvgIpc) is 3.45. The number of para-hydroxylation sites is 2. The smallest absolute Gasteiger partial charge is 0.238 e. The van der Waals surface area contributed by atoms with Crippen molar-refractivity contribution >= 4 is 46.5 Å². The monoisotopic (exact) mass is 548 g/mol. The predicted molar refractivity (Wildman–Crippen MR) is 152 cm³/mol. The SMILES string of the molecule is O=C(c1ccc(Cl)cc1)[C@@H]1[C@@H](C(=O)c2ccccc2F)[C@]2(C(=O)Nc3ccccc32)[C@H]2C=Cc3ccccc3N12. The largest absolute Gasteiger partial charge is 0.352 e. The minimum atomic E-state index is -1.49. The molecular weight excluding hydrogens is 527 g/mol. The predicted octanol–water partition coefficient (Wildman–Crippen LogP) is 6.34. The molecule has 40 heavy (non-hydrogen) atoms. The molecule has 0 aromatic heterocycles. The van der Waals surface area contributed by atoms with Gasteiger partial charge in [0.1, 0.15) is 17.3 Å². The molecule has 0 radical (unpaired) electrons. The van der Waals surface area contributed by atoms with Gasteiger partial charge in [-0.3, -0.25) is 14.4 Å². The number of benzene rings is 4. The topological polar surface area (TPSA) is 66.5 Å². The molecule has 4 aromatic carbocycles. The molecule has 3 heterocycles. The highest BCUT2D eigenvalue weighted by molar-refractivity contribution is 6.30. The number of ketones is 2. The van der Waals surface area contributed by atoms with Crippen molar-refractivity contribution in [3.8, 4) is 0 Å². The highest BCUT2D eigenvalue weighted by Crippen LogP contribution is 2.58. The van der Waals surface area contributed by atoms with Gasteiger partial charge in [0.25, 0.3) is 0 Å². The van der Waals surface area contributed by atoms with Crippen molar-refractivity contribution in [2.75, 3.05) is 10.2 Å². The van der Waals surface area contributed by atoms with Crippen molar-refractivity contribution in [3.05, 3.63) is 136 Å². The Morgan fingerprint density at radius 1 is 0.850 bits per heavy atom. The lowest BCUT2D eigenvalue weighted by atomic mass is 9.64. The van der Waals surface area contributed by atoms with Crippen LogP contribution in [-0.2, 0) is 10.2 Å². The fraction of sp³-hybridized carbons (Fsp3) is 0.121. The third-order valence-electron chi connectivity index (χ3n) is 8.36. The van der Waals surface area contributed by atoms with Gasteiger partial charge in [0, 0.05) is 22.0 Å². The Kier molecular flexibility index (Phi) is 5.51. The van der Waals surface area contributed by atoms with E-state index in [1.807, 2.05) is 53.5 Å². The molecule has 0 saturated carbocycles. The molecule has 196 valence electrons. The van der Waals surface area contributed by atoms with Gasteiger partial charge in [0.2, 0.25) is 5.91 Å². The Morgan fingerprint density at radius 3 is 2.35 bits per heavy atom. The van der Waals surface area contributed by atoms with Gasteiger partial charge in [0.05, 0.1) is 17.5 Å². The van der Waals surface area contributed by atoms with Gasteiger partial charge in [0.15, 0.2) is 11.6 Å². The molecule has 0 bridgehead atoms. The molecule has 1 spiro atoms. The lowest BCUT2D eigenvalue weighted by Crippen LogP contribution is -2.51. The zero-order valence-electron chi connectivity index (χ0n) is 21.1. The van der Waals surface area contributed by atoms with Gasteiger partial charge in [-0.15, -0.1) is 0 Å². The molecule has 0 unspecified atom stereocenters. The zero-order chi connectivity index (χ0) is 27.6. The number of carbonyl (C=O) groups excluding carboxylic acids is 3. The Labute approximate surface area is 234 Å². The molecule has 1 fully saturated rings. The second-order valence-corrected chi connectivity index (χ2v) is 10.7. The maximum absolute atomic E-state index is 15.2. The molecule has 4 aromatic rings. The van der Waals surface area contributed by atoms with E-state index in [0.717, 1.165) is 11.3 Å². The summed E-state index contributed by atoms with van der Waals surface area (Å²) in [6.07, 6.45) is 3.81. The van der Waals surface area contributed by atoms with E-state index in [1.54, 1.807) is 42.5 Å². The lowest BCUT2D eigenvalue weighted by molar-refractivity contribution is -0.121. The number of fused-ring (bicyclic) bond motifs is 6. The second-order valence-electron chi connectivity index (χ2n) is 10.3. The van der Waals surface area contributed by atoms with Crippen LogP contribution in [0, 0.1) is 11.7 Å². The van der Waals surface area contributed by atoms with Crippen LogP contribution >= 0.6 is 11.6 Å². The first-order valence-electron chi connectivity index (χ1n) is 13.0. The van der Waals surface area contributed by atoms with E-state index >= 15 is 4.39 Å². The van der Waals surface area contributed by atoms with E-state index in [9.17, 15) is 14.4 Å². The number of hydrogen-bond donors (Lipinski definition) is 1. The van der Waals surface area contributed by atoms with Gasteiger partial charge in [-0.25, -0.2) is 4.39 Å².